The molecule has 2 heterocycles. The molecule has 1 aliphatic rings. The molecule has 0 amide bonds. The van der Waals surface area contributed by atoms with Gasteiger partial charge in [-0.15, -0.1) is 0 Å². The molecular weight excluding hydrogens is 526 g/mol. The first-order valence-corrected chi connectivity index (χ1v) is 13.4. The minimum absolute atomic E-state index is 0.318. The van der Waals surface area contributed by atoms with Crippen molar-refractivity contribution in [2.24, 2.45) is 0 Å². The summed E-state index contributed by atoms with van der Waals surface area (Å²) in [6.45, 7) is 4.69. The van der Waals surface area contributed by atoms with Crippen LogP contribution in [-0.4, -0.2) is 34.6 Å². The van der Waals surface area contributed by atoms with Crippen LogP contribution in [0.2, 0.25) is 5.02 Å². The fraction of sp³-hybridized carbons (Fsp3) is 0.222. The van der Waals surface area contributed by atoms with Gasteiger partial charge in [-0.25, -0.2) is 17.6 Å². The Hall–Kier alpha value is -3.17. The summed E-state index contributed by atoms with van der Waals surface area (Å²) < 4.78 is 68.9. The average molecular weight is 548 g/mol. The van der Waals surface area contributed by atoms with Gasteiger partial charge >= 0.3 is 0 Å². The molecule has 1 saturated heterocycles. The third-order valence-corrected chi connectivity index (χ3v) is 7.89. The van der Waals surface area contributed by atoms with Crippen molar-refractivity contribution >= 4 is 44.7 Å². The quantitative estimate of drug-likeness (QED) is 0.221. The SMILES string of the molecule is Cc1cccc(C)c1-c1cc2nccc(N3CC(Nc4c(F)c(F)c([S@](C)=O)c(F)c4F)C3)c2cc1Cl. The van der Waals surface area contributed by atoms with Crippen LogP contribution in [0.25, 0.3) is 22.0 Å². The lowest BCUT2D eigenvalue weighted by Gasteiger charge is -2.42. The average Bonchev–Trinajstić information content (AvgIpc) is 2.81. The molecule has 1 atom stereocenters. The summed E-state index contributed by atoms with van der Waals surface area (Å²) >= 11 is 6.72. The van der Waals surface area contributed by atoms with Crippen molar-refractivity contribution in [3.05, 3.63) is 82.0 Å². The van der Waals surface area contributed by atoms with Crippen LogP contribution in [0.3, 0.4) is 0 Å². The highest BCUT2D eigenvalue weighted by atomic mass is 35.5. The number of nitrogens with one attached hydrogen (secondary N) is 1. The first kappa shape index (κ1) is 25.5. The summed E-state index contributed by atoms with van der Waals surface area (Å²) in [6.07, 6.45) is 2.63. The van der Waals surface area contributed by atoms with E-state index in [1.165, 1.54) is 0 Å². The topological polar surface area (TPSA) is 45.2 Å². The van der Waals surface area contributed by atoms with Crippen molar-refractivity contribution in [3.8, 4) is 11.1 Å². The lowest BCUT2D eigenvalue weighted by atomic mass is 9.94. The zero-order valence-corrected chi connectivity index (χ0v) is 21.7. The summed E-state index contributed by atoms with van der Waals surface area (Å²) in [4.78, 5) is 5.35. The molecule has 192 valence electrons. The highest BCUT2D eigenvalue weighted by Crippen LogP contribution is 2.39. The first-order valence-electron chi connectivity index (χ1n) is 11.4. The fourth-order valence-corrected chi connectivity index (χ4v) is 5.76. The predicted molar refractivity (Wildman–Crippen MR) is 140 cm³/mol. The van der Waals surface area contributed by atoms with E-state index in [0.29, 0.717) is 18.1 Å². The number of hydrogen-bond acceptors (Lipinski definition) is 4. The molecule has 1 fully saturated rings. The Morgan fingerprint density at radius 1 is 1.00 bits per heavy atom. The van der Waals surface area contributed by atoms with Crippen LogP contribution in [0.1, 0.15) is 11.1 Å². The summed E-state index contributed by atoms with van der Waals surface area (Å²) in [7, 11) is -2.23. The zero-order chi connectivity index (χ0) is 26.6. The molecule has 1 aromatic heterocycles. The van der Waals surface area contributed by atoms with Gasteiger partial charge in [0.25, 0.3) is 0 Å². The fourth-order valence-electron chi connectivity index (χ4n) is 4.82. The molecule has 0 radical (unpaired) electrons. The lowest BCUT2D eigenvalue weighted by molar-refractivity contribution is 0.424. The molecular formula is C27H22ClF4N3OS. The molecule has 5 rings (SSSR count). The van der Waals surface area contributed by atoms with Crippen LogP contribution in [0.5, 0.6) is 0 Å². The molecule has 1 N–H and O–H groups in total. The number of halogens is 5. The van der Waals surface area contributed by atoms with Gasteiger partial charge in [-0.3, -0.25) is 9.19 Å². The monoisotopic (exact) mass is 547 g/mol. The van der Waals surface area contributed by atoms with E-state index in [2.05, 4.69) is 10.3 Å². The Morgan fingerprint density at radius 3 is 2.22 bits per heavy atom. The molecule has 37 heavy (non-hydrogen) atoms. The van der Waals surface area contributed by atoms with E-state index in [-0.39, 0.29) is 0 Å². The van der Waals surface area contributed by atoms with Crippen LogP contribution in [0.15, 0.2) is 47.5 Å². The second-order valence-electron chi connectivity index (χ2n) is 9.11. The predicted octanol–water partition coefficient (Wildman–Crippen LogP) is 6.77. The molecule has 0 saturated carbocycles. The van der Waals surface area contributed by atoms with Gasteiger partial charge < -0.3 is 10.2 Å². The van der Waals surface area contributed by atoms with Crippen LogP contribution in [0.4, 0.5) is 28.9 Å². The van der Waals surface area contributed by atoms with E-state index in [9.17, 15) is 21.8 Å². The van der Waals surface area contributed by atoms with E-state index in [1.807, 2.05) is 55.1 Å². The molecule has 0 aliphatic carbocycles. The zero-order valence-electron chi connectivity index (χ0n) is 20.1. The first-order chi connectivity index (χ1) is 17.6. The van der Waals surface area contributed by atoms with Gasteiger partial charge in [0, 0.05) is 47.2 Å². The number of aromatic nitrogens is 1. The summed E-state index contributed by atoms with van der Waals surface area (Å²) in [5, 5.41) is 3.93. The third kappa shape index (κ3) is 4.34. The van der Waals surface area contributed by atoms with Gasteiger partial charge in [-0.05, 0) is 48.7 Å². The molecule has 10 heteroatoms. The number of hydrogen-bond donors (Lipinski definition) is 1. The normalized spacial score (nSPS) is 14.6. The minimum Gasteiger partial charge on any atom is -0.374 e. The highest BCUT2D eigenvalue weighted by molar-refractivity contribution is 7.84. The van der Waals surface area contributed by atoms with Crippen molar-refractivity contribution in [1.82, 2.24) is 4.98 Å². The number of pyridine rings is 1. The second-order valence-corrected chi connectivity index (χ2v) is 10.8. The van der Waals surface area contributed by atoms with Crippen LogP contribution in [0, 0.1) is 37.1 Å². The number of fused-ring (bicyclic) bond motifs is 1. The van der Waals surface area contributed by atoms with Crippen molar-refractivity contribution in [3.63, 3.8) is 0 Å². The Balaban J connectivity index is 1.42. The molecule has 0 unspecified atom stereocenters. The highest BCUT2D eigenvalue weighted by Gasteiger charge is 2.33. The van der Waals surface area contributed by atoms with Gasteiger partial charge in [0.05, 0.1) is 22.4 Å². The number of rotatable bonds is 5. The maximum atomic E-state index is 14.5. The molecule has 0 spiro atoms. The summed E-state index contributed by atoms with van der Waals surface area (Å²) in [5.74, 6) is -6.51. The van der Waals surface area contributed by atoms with E-state index in [0.717, 1.165) is 45.1 Å². The van der Waals surface area contributed by atoms with Gasteiger partial charge in [0.1, 0.15) is 10.6 Å². The van der Waals surface area contributed by atoms with Crippen molar-refractivity contribution in [1.29, 1.82) is 0 Å². The summed E-state index contributed by atoms with van der Waals surface area (Å²) in [6, 6.07) is 11.2. The van der Waals surface area contributed by atoms with E-state index < -0.39 is 50.7 Å². The van der Waals surface area contributed by atoms with Crippen molar-refractivity contribution < 1.29 is 21.8 Å². The third-order valence-electron chi connectivity index (χ3n) is 6.64. The molecule has 1 aliphatic heterocycles. The summed E-state index contributed by atoms with van der Waals surface area (Å²) in [5.41, 5.74) is 4.78. The number of anilines is 2. The minimum atomic E-state index is -2.23. The van der Waals surface area contributed by atoms with E-state index in [1.54, 1.807) is 6.20 Å². The number of nitrogens with zero attached hydrogens (tertiary/aromatic N) is 2. The Kier molecular flexibility index (Phi) is 6.62. The van der Waals surface area contributed by atoms with Gasteiger partial charge in [-0.1, -0.05) is 29.8 Å². The number of benzene rings is 3. The Bertz CT molecular complexity index is 1540. The largest absolute Gasteiger partial charge is 0.374 e. The molecule has 4 aromatic rings. The van der Waals surface area contributed by atoms with Crippen molar-refractivity contribution in [2.45, 2.75) is 24.8 Å². The van der Waals surface area contributed by atoms with Gasteiger partial charge in [-0.2, -0.15) is 0 Å². The standard InChI is InChI=1S/C27H22ClF4N3OS/c1-13-5-4-6-14(2)21(13)16-10-19-17(9-18(16)28)20(7-8-33-19)35-11-15(12-35)34-26-22(29)24(31)27(37(3)36)25(32)23(26)30/h4-10,15,34H,11-12H2,1-3H3/t37-/m0/s1. The molecule has 0 bridgehead atoms. The maximum Gasteiger partial charge on any atom is 0.186 e. The Labute approximate surface area is 218 Å². The number of aryl methyl sites for hydroxylation is 2. The van der Waals surface area contributed by atoms with Crippen molar-refractivity contribution in [2.75, 3.05) is 29.6 Å². The van der Waals surface area contributed by atoms with E-state index in [4.69, 9.17) is 11.6 Å². The van der Waals surface area contributed by atoms with Crippen LogP contribution in [-0.2, 0) is 10.8 Å². The smallest absolute Gasteiger partial charge is 0.186 e. The lowest BCUT2D eigenvalue weighted by Crippen LogP contribution is -2.55. The molecule has 3 aromatic carbocycles. The Morgan fingerprint density at radius 2 is 1.62 bits per heavy atom. The van der Waals surface area contributed by atoms with Crippen LogP contribution >= 0.6 is 11.6 Å². The van der Waals surface area contributed by atoms with Gasteiger partial charge in [0.15, 0.2) is 23.3 Å². The second kappa shape index (κ2) is 9.61. The maximum absolute atomic E-state index is 14.5. The van der Waals surface area contributed by atoms with E-state index >= 15 is 0 Å². The van der Waals surface area contributed by atoms with Crippen LogP contribution < -0.4 is 10.2 Å². The molecule has 4 nitrogen and oxygen atoms in total. The van der Waals surface area contributed by atoms with Gasteiger partial charge in [0.2, 0.25) is 0 Å².